The maximum Gasteiger partial charge on any atom is 0.150 e. The minimum atomic E-state index is -2.75. The van der Waals surface area contributed by atoms with Crippen molar-refractivity contribution in [3.8, 4) is 0 Å². The second-order valence-corrected chi connectivity index (χ2v) is 9.17. The second kappa shape index (κ2) is 5.73. The number of rotatable bonds is 3. The van der Waals surface area contributed by atoms with Crippen LogP contribution < -0.4 is 5.32 Å². The van der Waals surface area contributed by atoms with Gasteiger partial charge in [0.25, 0.3) is 0 Å². The van der Waals surface area contributed by atoms with Crippen LogP contribution in [0.4, 0.5) is 0 Å². The van der Waals surface area contributed by atoms with Crippen LogP contribution in [0.2, 0.25) is 0 Å². The van der Waals surface area contributed by atoms with Crippen molar-refractivity contribution in [2.75, 3.05) is 18.1 Å². The lowest BCUT2D eigenvalue weighted by molar-refractivity contribution is 0.357. The Labute approximate surface area is 128 Å². The summed E-state index contributed by atoms with van der Waals surface area (Å²) in [6, 6.07) is 7.19. The summed E-state index contributed by atoms with van der Waals surface area (Å²) in [4.78, 5) is 0. The number of aryl methyl sites for hydroxylation is 1. The first-order chi connectivity index (χ1) is 9.94. The zero-order valence-electron chi connectivity index (χ0n) is 12.9. The van der Waals surface area contributed by atoms with Crippen molar-refractivity contribution in [3.05, 3.63) is 34.9 Å². The fourth-order valence-corrected chi connectivity index (χ4v) is 5.30. The molecule has 1 aromatic carbocycles. The van der Waals surface area contributed by atoms with Crippen LogP contribution in [0.1, 0.15) is 42.5 Å². The molecule has 0 spiro atoms. The number of nitrogens with one attached hydrogen (secondary N) is 1. The highest BCUT2D eigenvalue weighted by Crippen LogP contribution is 2.36. The van der Waals surface area contributed by atoms with Gasteiger partial charge in [0, 0.05) is 6.04 Å². The lowest BCUT2D eigenvalue weighted by Crippen LogP contribution is -2.33. The van der Waals surface area contributed by atoms with Crippen LogP contribution in [0, 0.1) is 18.8 Å². The van der Waals surface area contributed by atoms with Gasteiger partial charge in [-0.05, 0) is 55.7 Å². The van der Waals surface area contributed by atoms with E-state index in [1.807, 2.05) is 0 Å². The van der Waals surface area contributed by atoms with E-state index in [1.165, 1.54) is 16.7 Å². The maximum absolute atomic E-state index is 11.5. The maximum atomic E-state index is 11.5. The zero-order chi connectivity index (χ0) is 15.0. The highest BCUT2D eigenvalue weighted by molar-refractivity contribution is 7.91. The Morgan fingerprint density at radius 2 is 1.95 bits per heavy atom. The molecular weight excluding hydrogens is 282 g/mol. The number of hydrogen-bond donors (Lipinski definition) is 1. The van der Waals surface area contributed by atoms with Crippen molar-refractivity contribution in [1.82, 2.24) is 5.32 Å². The minimum Gasteiger partial charge on any atom is -0.309 e. The molecule has 21 heavy (non-hydrogen) atoms. The van der Waals surface area contributed by atoms with Gasteiger partial charge in [-0.3, -0.25) is 0 Å². The van der Waals surface area contributed by atoms with Gasteiger partial charge in [-0.2, -0.15) is 0 Å². The molecule has 1 heterocycles. The standard InChI is InChI=1S/C17H25NO2S/c1-12-3-4-15-10-13(2)17(16(15)9-12)18-11-14-5-7-21(19,20)8-6-14/h3-4,9,13-14,17-18H,5-8,10-11H2,1-2H3/t13-,17-/m1/s1. The van der Waals surface area contributed by atoms with E-state index in [1.54, 1.807) is 0 Å². The quantitative estimate of drug-likeness (QED) is 0.934. The summed E-state index contributed by atoms with van der Waals surface area (Å²) in [6.45, 7) is 5.39. The summed E-state index contributed by atoms with van der Waals surface area (Å²) in [5, 5.41) is 3.72. The molecule has 2 aliphatic rings. The molecule has 1 aromatic rings. The van der Waals surface area contributed by atoms with Crippen LogP contribution in [0.5, 0.6) is 0 Å². The van der Waals surface area contributed by atoms with Crippen molar-refractivity contribution in [3.63, 3.8) is 0 Å². The van der Waals surface area contributed by atoms with Crippen molar-refractivity contribution in [2.24, 2.45) is 11.8 Å². The van der Waals surface area contributed by atoms with E-state index in [9.17, 15) is 8.42 Å². The monoisotopic (exact) mass is 307 g/mol. The lowest BCUT2D eigenvalue weighted by atomic mass is 9.98. The molecule has 0 saturated carbocycles. The predicted molar refractivity (Wildman–Crippen MR) is 86.2 cm³/mol. The summed E-state index contributed by atoms with van der Waals surface area (Å²) < 4.78 is 23.0. The average Bonchev–Trinajstić information content (AvgIpc) is 2.73. The van der Waals surface area contributed by atoms with Crippen molar-refractivity contribution >= 4 is 9.84 Å². The van der Waals surface area contributed by atoms with Crippen molar-refractivity contribution < 1.29 is 8.42 Å². The summed E-state index contributed by atoms with van der Waals surface area (Å²) in [7, 11) is -2.75. The van der Waals surface area contributed by atoms with E-state index in [2.05, 4.69) is 37.4 Å². The first kappa shape index (κ1) is 15.0. The molecule has 1 N–H and O–H groups in total. The van der Waals surface area contributed by atoms with Gasteiger partial charge in [0.05, 0.1) is 11.5 Å². The normalized spacial score (nSPS) is 28.5. The van der Waals surface area contributed by atoms with Gasteiger partial charge in [0.2, 0.25) is 0 Å². The van der Waals surface area contributed by atoms with Gasteiger partial charge < -0.3 is 5.32 Å². The number of hydrogen-bond acceptors (Lipinski definition) is 3. The molecule has 3 rings (SSSR count). The molecular formula is C17H25NO2S. The SMILES string of the molecule is Cc1ccc2c(c1)[C@H](NCC1CCS(=O)(=O)CC1)[C@H](C)C2. The molecule has 1 aliphatic carbocycles. The average molecular weight is 307 g/mol. The first-order valence-corrected chi connectivity index (χ1v) is 9.80. The summed E-state index contributed by atoms with van der Waals surface area (Å²) in [5.74, 6) is 1.87. The van der Waals surface area contributed by atoms with Gasteiger partial charge in [0.1, 0.15) is 9.84 Å². The van der Waals surface area contributed by atoms with Crippen LogP contribution >= 0.6 is 0 Å². The van der Waals surface area contributed by atoms with E-state index in [0.717, 1.165) is 25.8 Å². The van der Waals surface area contributed by atoms with E-state index >= 15 is 0 Å². The van der Waals surface area contributed by atoms with E-state index in [-0.39, 0.29) is 0 Å². The van der Waals surface area contributed by atoms with Gasteiger partial charge in [-0.15, -0.1) is 0 Å². The van der Waals surface area contributed by atoms with Gasteiger partial charge in [-0.1, -0.05) is 30.7 Å². The van der Waals surface area contributed by atoms with Crippen LogP contribution in [0.15, 0.2) is 18.2 Å². The van der Waals surface area contributed by atoms with Crippen LogP contribution in [0.3, 0.4) is 0 Å². The molecule has 0 amide bonds. The molecule has 4 heteroatoms. The number of sulfone groups is 1. The zero-order valence-corrected chi connectivity index (χ0v) is 13.7. The summed E-state index contributed by atoms with van der Waals surface area (Å²) in [6.07, 6.45) is 2.78. The topological polar surface area (TPSA) is 46.2 Å². The molecule has 0 unspecified atom stereocenters. The Hall–Kier alpha value is -0.870. The molecule has 1 fully saturated rings. The van der Waals surface area contributed by atoms with E-state index in [4.69, 9.17) is 0 Å². The molecule has 116 valence electrons. The highest BCUT2D eigenvalue weighted by atomic mass is 32.2. The fraction of sp³-hybridized carbons (Fsp3) is 0.647. The van der Waals surface area contributed by atoms with Crippen LogP contribution in [-0.2, 0) is 16.3 Å². The van der Waals surface area contributed by atoms with Crippen molar-refractivity contribution in [2.45, 2.75) is 39.2 Å². The molecule has 0 radical (unpaired) electrons. The molecule has 2 atom stereocenters. The molecule has 3 nitrogen and oxygen atoms in total. The highest BCUT2D eigenvalue weighted by Gasteiger charge is 2.30. The summed E-state index contributed by atoms with van der Waals surface area (Å²) >= 11 is 0. The fourth-order valence-electron chi connectivity index (χ4n) is 3.71. The molecule has 0 aromatic heterocycles. The predicted octanol–water partition coefficient (Wildman–Crippen LogP) is 2.64. The summed E-state index contributed by atoms with van der Waals surface area (Å²) in [5.41, 5.74) is 4.24. The third-order valence-corrected chi connectivity index (χ3v) is 6.76. The van der Waals surface area contributed by atoms with Gasteiger partial charge in [-0.25, -0.2) is 8.42 Å². The Bertz CT molecular complexity index is 610. The Morgan fingerprint density at radius 1 is 1.24 bits per heavy atom. The Kier molecular flexibility index (Phi) is 4.10. The Balaban J connectivity index is 1.63. The molecule has 0 bridgehead atoms. The molecule has 1 saturated heterocycles. The van der Waals surface area contributed by atoms with E-state index < -0.39 is 9.84 Å². The second-order valence-electron chi connectivity index (χ2n) is 6.86. The third-order valence-electron chi connectivity index (χ3n) is 5.05. The van der Waals surface area contributed by atoms with E-state index in [0.29, 0.717) is 29.4 Å². The van der Waals surface area contributed by atoms with Crippen molar-refractivity contribution in [1.29, 1.82) is 0 Å². The molecule has 1 aliphatic heterocycles. The third kappa shape index (κ3) is 3.32. The smallest absolute Gasteiger partial charge is 0.150 e. The number of fused-ring (bicyclic) bond motifs is 1. The van der Waals surface area contributed by atoms with Crippen LogP contribution in [0.25, 0.3) is 0 Å². The number of benzene rings is 1. The Morgan fingerprint density at radius 3 is 2.67 bits per heavy atom. The first-order valence-electron chi connectivity index (χ1n) is 7.98. The van der Waals surface area contributed by atoms with Gasteiger partial charge >= 0.3 is 0 Å². The minimum absolute atomic E-state index is 0.370. The van der Waals surface area contributed by atoms with Gasteiger partial charge in [0.15, 0.2) is 0 Å². The van der Waals surface area contributed by atoms with Crippen LogP contribution in [-0.4, -0.2) is 26.5 Å². The largest absolute Gasteiger partial charge is 0.309 e. The lowest BCUT2D eigenvalue weighted by Gasteiger charge is -2.26.